The highest BCUT2D eigenvalue weighted by Gasteiger charge is 2.23. The first-order valence-corrected chi connectivity index (χ1v) is 8.76. The third kappa shape index (κ3) is 3.94. The second kappa shape index (κ2) is 6.24. The van der Waals surface area contributed by atoms with Crippen LogP contribution in [-0.4, -0.2) is 25.8 Å². The third-order valence-electron chi connectivity index (χ3n) is 3.27. The molecule has 1 aromatic rings. The van der Waals surface area contributed by atoms with Crippen LogP contribution in [0.15, 0.2) is 22.7 Å². The average Bonchev–Trinajstić information content (AvgIpc) is 2.63. The van der Waals surface area contributed by atoms with Crippen LogP contribution in [0.25, 0.3) is 0 Å². The Morgan fingerprint density at radius 1 is 1.16 bits per heavy atom. The third-order valence-corrected chi connectivity index (χ3v) is 5.48. The number of nitrogens with one attached hydrogen (secondary N) is 1. The summed E-state index contributed by atoms with van der Waals surface area (Å²) in [5.41, 5.74) is 1.63. The summed E-state index contributed by atoms with van der Waals surface area (Å²) in [6, 6.07) is 5.63. The van der Waals surface area contributed by atoms with Gasteiger partial charge in [0.25, 0.3) is 0 Å². The Bertz CT molecular complexity index is 538. The SMILES string of the molecule is Cc1ccc(Br)c(NS(=O)(=O)N2CCCCCC2)c1. The summed E-state index contributed by atoms with van der Waals surface area (Å²) in [7, 11) is -3.45. The molecule has 0 saturated carbocycles. The predicted octanol–water partition coefficient (Wildman–Crippen LogP) is 3.29. The summed E-state index contributed by atoms with van der Waals surface area (Å²) in [5.74, 6) is 0. The fourth-order valence-corrected chi connectivity index (χ4v) is 3.99. The summed E-state index contributed by atoms with van der Waals surface area (Å²) < 4.78 is 29.7. The Hall–Kier alpha value is -0.590. The smallest absolute Gasteiger partial charge is 0.270 e. The van der Waals surface area contributed by atoms with E-state index in [1.807, 2.05) is 25.1 Å². The first kappa shape index (κ1) is 14.8. The highest BCUT2D eigenvalue weighted by Crippen LogP contribution is 2.25. The van der Waals surface area contributed by atoms with E-state index in [1.165, 1.54) is 0 Å². The van der Waals surface area contributed by atoms with Gasteiger partial charge < -0.3 is 0 Å². The van der Waals surface area contributed by atoms with Crippen LogP contribution in [0, 0.1) is 6.92 Å². The number of benzene rings is 1. The van der Waals surface area contributed by atoms with Crippen molar-refractivity contribution in [3.05, 3.63) is 28.2 Å². The molecule has 1 heterocycles. The Labute approximate surface area is 123 Å². The van der Waals surface area contributed by atoms with Crippen molar-refractivity contribution >= 4 is 31.8 Å². The Morgan fingerprint density at radius 2 is 1.79 bits per heavy atom. The maximum Gasteiger partial charge on any atom is 0.301 e. The lowest BCUT2D eigenvalue weighted by atomic mass is 10.2. The van der Waals surface area contributed by atoms with E-state index in [0.29, 0.717) is 18.8 Å². The van der Waals surface area contributed by atoms with Crippen LogP contribution in [0.1, 0.15) is 31.2 Å². The molecule has 0 unspecified atom stereocenters. The van der Waals surface area contributed by atoms with E-state index in [2.05, 4.69) is 20.7 Å². The van der Waals surface area contributed by atoms with Crippen molar-refractivity contribution in [3.8, 4) is 0 Å². The molecule has 1 saturated heterocycles. The van der Waals surface area contributed by atoms with Crippen LogP contribution in [0.3, 0.4) is 0 Å². The molecular weight excluding hydrogens is 328 g/mol. The van der Waals surface area contributed by atoms with Gasteiger partial charge in [-0.1, -0.05) is 18.9 Å². The molecule has 1 aliphatic heterocycles. The molecule has 0 aromatic heterocycles. The molecule has 0 atom stereocenters. The van der Waals surface area contributed by atoms with Crippen LogP contribution in [0.2, 0.25) is 0 Å². The van der Waals surface area contributed by atoms with Crippen molar-refractivity contribution in [1.29, 1.82) is 0 Å². The number of anilines is 1. The minimum absolute atomic E-state index is 0.601. The molecule has 1 aliphatic rings. The number of halogens is 1. The van der Waals surface area contributed by atoms with E-state index in [9.17, 15) is 8.42 Å². The van der Waals surface area contributed by atoms with Crippen molar-refractivity contribution in [2.45, 2.75) is 32.6 Å². The summed E-state index contributed by atoms with van der Waals surface area (Å²) >= 11 is 3.38. The van der Waals surface area contributed by atoms with Crippen molar-refractivity contribution in [3.63, 3.8) is 0 Å². The molecule has 1 fully saturated rings. The van der Waals surface area contributed by atoms with Crippen LogP contribution >= 0.6 is 15.9 Å². The van der Waals surface area contributed by atoms with Gasteiger partial charge in [0.05, 0.1) is 5.69 Å². The molecule has 0 radical (unpaired) electrons. The van der Waals surface area contributed by atoms with Gasteiger partial charge in [0.1, 0.15) is 0 Å². The van der Waals surface area contributed by atoms with Gasteiger partial charge in [-0.3, -0.25) is 4.72 Å². The minimum Gasteiger partial charge on any atom is -0.270 e. The Kier molecular flexibility index (Phi) is 4.86. The van der Waals surface area contributed by atoms with Gasteiger partial charge in [-0.15, -0.1) is 0 Å². The molecule has 0 bridgehead atoms. The molecule has 0 amide bonds. The van der Waals surface area contributed by atoms with Gasteiger partial charge in [0.15, 0.2) is 0 Å². The molecule has 1 N–H and O–H groups in total. The van der Waals surface area contributed by atoms with Gasteiger partial charge in [-0.2, -0.15) is 12.7 Å². The number of rotatable bonds is 3. The molecule has 1 aromatic carbocycles. The zero-order chi connectivity index (χ0) is 13.9. The summed E-state index contributed by atoms with van der Waals surface area (Å²) in [6.07, 6.45) is 4.10. The summed E-state index contributed by atoms with van der Waals surface area (Å²) in [6.45, 7) is 3.16. The number of aryl methyl sites for hydroxylation is 1. The quantitative estimate of drug-likeness (QED) is 0.912. The summed E-state index contributed by atoms with van der Waals surface area (Å²) in [5, 5.41) is 0. The van der Waals surface area contributed by atoms with Gasteiger partial charge in [0.2, 0.25) is 0 Å². The zero-order valence-electron chi connectivity index (χ0n) is 11.0. The topological polar surface area (TPSA) is 49.4 Å². The van der Waals surface area contributed by atoms with Gasteiger partial charge in [-0.05, 0) is 53.4 Å². The molecule has 19 heavy (non-hydrogen) atoms. The maximum absolute atomic E-state index is 12.4. The van der Waals surface area contributed by atoms with Gasteiger partial charge in [-0.25, -0.2) is 0 Å². The van der Waals surface area contributed by atoms with E-state index in [-0.39, 0.29) is 0 Å². The monoisotopic (exact) mass is 346 g/mol. The van der Waals surface area contributed by atoms with Crippen molar-refractivity contribution in [2.24, 2.45) is 0 Å². The van der Waals surface area contributed by atoms with E-state index < -0.39 is 10.2 Å². The van der Waals surface area contributed by atoms with Crippen molar-refractivity contribution in [1.82, 2.24) is 4.31 Å². The van der Waals surface area contributed by atoms with Gasteiger partial charge >= 0.3 is 10.2 Å². The van der Waals surface area contributed by atoms with E-state index in [4.69, 9.17) is 0 Å². The molecule has 4 nitrogen and oxygen atoms in total. The average molecular weight is 347 g/mol. The molecule has 2 rings (SSSR count). The van der Waals surface area contributed by atoms with E-state index >= 15 is 0 Å². The molecule has 6 heteroatoms. The Morgan fingerprint density at radius 3 is 2.42 bits per heavy atom. The first-order chi connectivity index (χ1) is 8.99. The number of hydrogen-bond acceptors (Lipinski definition) is 2. The maximum atomic E-state index is 12.4. The number of hydrogen-bond donors (Lipinski definition) is 1. The lowest BCUT2D eigenvalue weighted by Gasteiger charge is -2.21. The lowest BCUT2D eigenvalue weighted by molar-refractivity contribution is 0.427. The second-order valence-electron chi connectivity index (χ2n) is 4.90. The molecular formula is C13H19BrN2O2S. The molecule has 0 aliphatic carbocycles. The minimum atomic E-state index is -3.45. The highest BCUT2D eigenvalue weighted by atomic mass is 79.9. The zero-order valence-corrected chi connectivity index (χ0v) is 13.4. The standard InChI is InChI=1S/C13H19BrN2O2S/c1-11-6-7-12(14)13(10-11)15-19(17,18)16-8-4-2-3-5-9-16/h6-7,10,15H,2-5,8-9H2,1H3. The fourth-order valence-electron chi connectivity index (χ4n) is 2.20. The predicted molar refractivity (Wildman–Crippen MR) is 81.5 cm³/mol. The van der Waals surface area contributed by atoms with E-state index in [1.54, 1.807) is 4.31 Å². The fraction of sp³-hybridized carbons (Fsp3) is 0.538. The van der Waals surface area contributed by atoms with Crippen LogP contribution < -0.4 is 4.72 Å². The van der Waals surface area contributed by atoms with Crippen LogP contribution in [-0.2, 0) is 10.2 Å². The summed E-state index contributed by atoms with van der Waals surface area (Å²) in [4.78, 5) is 0. The number of nitrogens with zero attached hydrogens (tertiary/aromatic N) is 1. The Balaban J connectivity index is 2.18. The highest BCUT2D eigenvalue weighted by molar-refractivity contribution is 9.10. The second-order valence-corrected chi connectivity index (χ2v) is 7.43. The van der Waals surface area contributed by atoms with E-state index in [0.717, 1.165) is 35.7 Å². The van der Waals surface area contributed by atoms with Crippen molar-refractivity contribution in [2.75, 3.05) is 17.8 Å². The van der Waals surface area contributed by atoms with Crippen LogP contribution in [0.4, 0.5) is 5.69 Å². The normalized spacial score (nSPS) is 18.0. The largest absolute Gasteiger partial charge is 0.301 e. The van der Waals surface area contributed by atoms with Crippen LogP contribution in [0.5, 0.6) is 0 Å². The van der Waals surface area contributed by atoms with Crippen molar-refractivity contribution < 1.29 is 8.42 Å². The molecule has 0 spiro atoms. The van der Waals surface area contributed by atoms with Gasteiger partial charge in [0, 0.05) is 17.6 Å². The lowest BCUT2D eigenvalue weighted by Crippen LogP contribution is -2.36. The first-order valence-electron chi connectivity index (χ1n) is 6.53. The molecule has 106 valence electrons.